The third-order valence-corrected chi connectivity index (χ3v) is 2.28. The lowest BCUT2D eigenvalue weighted by atomic mass is 9.97. The Morgan fingerprint density at radius 2 is 2.27 bits per heavy atom. The van der Waals surface area contributed by atoms with Gasteiger partial charge in [-0.25, -0.2) is 4.39 Å². The standard InChI is InChI=1S/C11H13FO3/c1-7(3-4-13)8-5-10(14)9(12)6-11(8)15-2/h4-7,14H,3H2,1-2H3. The topological polar surface area (TPSA) is 46.5 Å². The molecule has 0 heterocycles. The Labute approximate surface area is 87.5 Å². The first-order valence-corrected chi connectivity index (χ1v) is 4.60. The molecule has 4 heteroatoms. The number of rotatable bonds is 4. The fourth-order valence-corrected chi connectivity index (χ4v) is 1.39. The molecule has 0 amide bonds. The Bertz CT molecular complexity index is 363. The number of phenolic OH excluding ortho intramolecular Hbond substituents is 1. The first kappa shape index (κ1) is 11.5. The van der Waals surface area contributed by atoms with Gasteiger partial charge in [0.15, 0.2) is 11.6 Å². The molecule has 0 aromatic heterocycles. The van der Waals surface area contributed by atoms with E-state index in [1.807, 2.05) is 6.92 Å². The summed E-state index contributed by atoms with van der Waals surface area (Å²) in [5.74, 6) is -0.916. The number of hydrogen-bond donors (Lipinski definition) is 1. The number of hydrogen-bond acceptors (Lipinski definition) is 3. The zero-order chi connectivity index (χ0) is 11.4. The summed E-state index contributed by atoms with van der Waals surface area (Å²) >= 11 is 0. The summed E-state index contributed by atoms with van der Waals surface area (Å²) in [6, 6.07) is 2.41. The number of carbonyl (C=O) groups is 1. The van der Waals surface area contributed by atoms with Crippen LogP contribution >= 0.6 is 0 Å². The summed E-state index contributed by atoms with van der Waals surface area (Å²) in [6.07, 6.45) is 1.09. The molecular formula is C11H13FO3. The van der Waals surface area contributed by atoms with Crippen LogP contribution in [0.5, 0.6) is 11.5 Å². The summed E-state index contributed by atoms with van der Waals surface area (Å²) in [5.41, 5.74) is 0.628. The summed E-state index contributed by atoms with van der Waals surface area (Å²) in [7, 11) is 1.42. The third-order valence-electron chi connectivity index (χ3n) is 2.28. The minimum Gasteiger partial charge on any atom is -0.505 e. The van der Waals surface area contributed by atoms with E-state index >= 15 is 0 Å². The molecule has 1 N–H and O–H groups in total. The maximum absolute atomic E-state index is 13.0. The van der Waals surface area contributed by atoms with Crippen LogP contribution < -0.4 is 4.74 Å². The maximum Gasteiger partial charge on any atom is 0.168 e. The molecule has 0 fully saturated rings. The monoisotopic (exact) mass is 212 g/mol. The van der Waals surface area contributed by atoms with Crippen molar-refractivity contribution in [1.82, 2.24) is 0 Å². The van der Waals surface area contributed by atoms with Crippen molar-refractivity contribution < 1.29 is 19.0 Å². The number of aromatic hydroxyl groups is 1. The van der Waals surface area contributed by atoms with Crippen LogP contribution in [0.4, 0.5) is 4.39 Å². The molecule has 0 radical (unpaired) electrons. The Hall–Kier alpha value is -1.58. The molecule has 1 aromatic rings. The highest BCUT2D eigenvalue weighted by atomic mass is 19.1. The molecule has 0 spiro atoms. The van der Waals surface area contributed by atoms with Gasteiger partial charge in [-0.3, -0.25) is 0 Å². The van der Waals surface area contributed by atoms with Gasteiger partial charge in [0.2, 0.25) is 0 Å². The van der Waals surface area contributed by atoms with Gasteiger partial charge in [-0.05, 0) is 12.0 Å². The van der Waals surface area contributed by atoms with E-state index in [9.17, 15) is 14.3 Å². The normalized spacial score (nSPS) is 12.2. The lowest BCUT2D eigenvalue weighted by Gasteiger charge is -2.14. The van der Waals surface area contributed by atoms with Crippen molar-refractivity contribution in [3.05, 3.63) is 23.5 Å². The average Bonchev–Trinajstić information content (AvgIpc) is 2.21. The molecule has 0 saturated heterocycles. The van der Waals surface area contributed by atoms with Gasteiger partial charge in [0.05, 0.1) is 7.11 Å². The van der Waals surface area contributed by atoms with Crippen molar-refractivity contribution in [3.63, 3.8) is 0 Å². The third kappa shape index (κ3) is 2.46. The van der Waals surface area contributed by atoms with E-state index < -0.39 is 11.6 Å². The van der Waals surface area contributed by atoms with Crippen LogP contribution in [0.3, 0.4) is 0 Å². The average molecular weight is 212 g/mol. The number of benzene rings is 1. The van der Waals surface area contributed by atoms with Gasteiger partial charge in [0.25, 0.3) is 0 Å². The number of halogens is 1. The van der Waals surface area contributed by atoms with Crippen LogP contribution in [0.15, 0.2) is 12.1 Å². The van der Waals surface area contributed by atoms with Crippen LogP contribution in [-0.2, 0) is 4.79 Å². The van der Waals surface area contributed by atoms with Crippen LogP contribution in [0.1, 0.15) is 24.8 Å². The molecule has 0 aliphatic carbocycles. The number of carbonyl (C=O) groups excluding carboxylic acids is 1. The van der Waals surface area contributed by atoms with E-state index in [0.29, 0.717) is 17.7 Å². The van der Waals surface area contributed by atoms with E-state index in [0.717, 1.165) is 12.4 Å². The smallest absolute Gasteiger partial charge is 0.168 e. The molecular weight excluding hydrogens is 199 g/mol. The molecule has 0 bridgehead atoms. The van der Waals surface area contributed by atoms with Crippen molar-refractivity contribution in [1.29, 1.82) is 0 Å². The van der Waals surface area contributed by atoms with E-state index in [4.69, 9.17) is 4.74 Å². The molecule has 15 heavy (non-hydrogen) atoms. The van der Waals surface area contributed by atoms with Gasteiger partial charge in [-0.2, -0.15) is 0 Å². The van der Waals surface area contributed by atoms with E-state index in [1.54, 1.807) is 0 Å². The first-order valence-electron chi connectivity index (χ1n) is 4.60. The molecule has 0 saturated carbocycles. The number of aldehydes is 1. The van der Waals surface area contributed by atoms with Crippen LogP contribution in [0.2, 0.25) is 0 Å². The van der Waals surface area contributed by atoms with Crippen LogP contribution in [0.25, 0.3) is 0 Å². The Morgan fingerprint density at radius 1 is 1.60 bits per heavy atom. The van der Waals surface area contributed by atoms with Gasteiger partial charge in [0, 0.05) is 18.1 Å². The summed E-state index contributed by atoms with van der Waals surface area (Å²) in [5, 5.41) is 9.22. The molecule has 1 atom stereocenters. The van der Waals surface area contributed by atoms with Crippen LogP contribution in [0, 0.1) is 5.82 Å². The summed E-state index contributed by atoms with van der Waals surface area (Å²) in [6.45, 7) is 1.81. The first-order chi connectivity index (χ1) is 7.10. The second-order valence-corrected chi connectivity index (χ2v) is 3.35. The lowest BCUT2D eigenvalue weighted by Crippen LogP contribution is -1.99. The van der Waals surface area contributed by atoms with Gasteiger partial charge in [-0.1, -0.05) is 6.92 Å². The largest absolute Gasteiger partial charge is 0.505 e. The zero-order valence-corrected chi connectivity index (χ0v) is 8.66. The predicted molar refractivity (Wildman–Crippen MR) is 53.7 cm³/mol. The van der Waals surface area contributed by atoms with Gasteiger partial charge in [0.1, 0.15) is 12.0 Å². The number of ether oxygens (including phenoxy) is 1. The quantitative estimate of drug-likeness (QED) is 0.778. The van der Waals surface area contributed by atoms with E-state index in [2.05, 4.69) is 0 Å². The van der Waals surface area contributed by atoms with Gasteiger partial charge >= 0.3 is 0 Å². The highest BCUT2D eigenvalue weighted by Crippen LogP contribution is 2.33. The van der Waals surface area contributed by atoms with E-state index in [1.165, 1.54) is 13.2 Å². The Morgan fingerprint density at radius 3 is 2.80 bits per heavy atom. The minimum absolute atomic E-state index is 0.107. The predicted octanol–water partition coefficient (Wildman–Crippen LogP) is 2.23. The van der Waals surface area contributed by atoms with Gasteiger partial charge < -0.3 is 14.6 Å². The Kier molecular flexibility index (Phi) is 3.66. The number of methoxy groups -OCH3 is 1. The van der Waals surface area contributed by atoms with E-state index in [-0.39, 0.29) is 5.92 Å². The SMILES string of the molecule is COc1cc(F)c(O)cc1C(C)CC=O. The molecule has 0 aliphatic heterocycles. The summed E-state index contributed by atoms with van der Waals surface area (Å²) < 4.78 is 18.0. The fraction of sp³-hybridized carbons (Fsp3) is 0.364. The highest BCUT2D eigenvalue weighted by molar-refractivity contribution is 5.53. The fourth-order valence-electron chi connectivity index (χ4n) is 1.39. The molecule has 1 rings (SSSR count). The minimum atomic E-state index is -0.728. The van der Waals surface area contributed by atoms with Crippen molar-refractivity contribution in [2.24, 2.45) is 0 Å². The lowest BCUT2D eigenvalue weighted by molar-refractivity contribution is -0.108. The second-order valence-electron chi connectivity index (χ2n) is 3.35. The highest BCUT2D eigenvalue weighted by Gasteiger charge is 2.14. The number of phenols is 1. The Balaban J connectivity index is 3.14. The molecule has 1 aromatic carbocycles. The van der Waals surface area contributed by atoms with Gasteiger partial charge in [-0.15, -0.1) is 0 Å². The summed E-state index contributed by atoms with van der Waals surface area (Å²) in [4.78, 5) is 10.4. The van der Waals surface area contributed by atoms with Crippen molar-refractivity contribution in [2.75, 3.05) is 7.11 Å². The molecule has 0 aliphatic rings. The molecule has 3 nitrogen and oxygen atoms in total. The molecule has 1 unspecified atom stereocenters. The van der Waals surface area contributed by atoms with Crippen molar-refractivity contribution in [2.45, 2.75) is 19.3 Å². The van der Waals surface area contributed by atoms with Crippen molar-refractivity contribution >= 4 is 6.29 Å². The molecule has 82 valence electrons. The second kappa shape index (κ2) is 4.77. The maximum atomic E-state index is 13.0. The zero-order valence-electron chi connectivity index (χ0n) is 8.66. The van der Waals surface area contributed by atoms with Crippen LogP contribution in [-0.4, -0.2) is 18.5 Å². The van der Waals surface area contributed by atoms with Crippen molar-refractivity contribution in [3.8, 4) is 11.5 Å².